The van der Waals surface area contributed by atoms with Crippen LogP contribution in [0, 0.1) is 0 Å². The van der Waals surface area contributed by atoms with Gasteiger partial charge in [-0.3, -0.25) is 0 Å². The summed E-state index contributed by atoms with van der Waals surface area (Å²) in [7, 11) is 0. The van der Waals surface area contributed by atoms with Gasteiger partial charge in [0.25, 0.3) is 0 Å². The molecule has 0 fully saturated rings. The van der Waals surface area contributed by atoms with Crippen molar-refractivity contribution in [1.29, 1.82) is 0 Å². The van der Waals surface area contributed by atoms with Crippen molar-refractivity contribution in [2.45, 2.75) is 25.8 Å². The van der Waals surface area contributed by atoms with Crippen LogP contribution in [0.2, 0.25) is 0 Å². The molecule has 16 heavy (non-hydrogen) atoms. The summed E-state index contributed by atoms with van der Waals surface area (Å²) in [6.07, 6.45) is 2.04. The second-order valence-electron chi connectivity index (χ2n) is 3.57. The van der Waals surface area contributed by atoms with Crippen molar-refractivity contribution in [3.8, 4) is 11.5 Å². The topological polar surface area (TPSA) is 52.0 Å². The maximum atomic E-state index is 6.01. The molecule has 2 aromatic heterocycles. The van der Waals surface area contributed by atoms with E-state index >= 15 is 0 Å². The minimum absolute atomic E-state index is 0.0437. The normalized spacial score (nSPS) is 12.9. The van der Waals surface area contributed by atoms with Gasteiger partial charge >= 0.3 is 0 Å². The molecule has 5 heteroatoms. The van der Waals surface area contributed by atoms with Crippen LogP contribution in [0.15, 0.2) is 26.6 Å². The van der Waals surface area contributed by atoms with Gasteiger partial charge in [0, 0.05) is 5.38 Å². The van der Waals surface area contributed by atoms with Gasteiger partial charge in [0.05, 0.1) is 6.04 Å². The van der Waals surface area contributed by atoms with Crippen molar-refractivity contribution in [2.24, 2.45) is 5.73 Å². The molecule has 0 aromatic carbocycles. The predicted molar refractivity (Wildman–Crippen MR) is 69.4 cm³/mol. The van der Waals surface area contributed by atoms with Crippen molar-refractivity contribution in [2.75, 3.05) is 0 Å². The zero-order chi connectivity index (χ0) is 11.5. The maximum absolute atomic E-state index is 6.01. The van der Waals surface area contributed by atoms with Crippen LogP contribution < -0.4 is 5.73 Å². The van der Waals surface area contributed by atoms with Gasteiger partial charge in [-0.15, -0.1) is 11.3 Å². The van der Waals surface area contributed by atoms with E-state index in [0.717, 1.165) is 34.0 Å². The number of hydrogen-bond acceptors (Lipinski definition) is 4. The Labute approximate surface area is 107 Å². The maximum Gasteiger partial charge on any atom is 0.169 e. The molecule has 2 rings (SSSR count). The van der Waals surface area contributed by atoms with Gasteiger partial charge < -0.3 is 10.2 Å². The second kappa shape index (κ2) is 5.12. The second-order valence-corrected chi connectivity index (χ2v) is 5.24. The highest BCUT2D eigenvalue weighted by atomic mass is 79.9. The average molecular weight is 301 g/mol. The van der Waals surface area contributed by atoms with Gasteiger partial charge in [-0.25, -0.2) is 4.98 Å². The quantitative estimate of drug-likeness (QED) is 0.929. The number of rotatable bonds is 4. The number of hydrogen-bond donors (Lipinski definition) is 1. The molecule has 0 aliphatic rings. The molecule has 0 bridgehead atoms. The van der Waals surface area contributed by atoms with Gasteiger partial charge in [-0.1, -0.05) is 13.3 Å². The zero-order valence-corrected chi connectivity index (χ0v) is 11.3. The minimum atomic E-state index is 0.0437. The number of furan rings is 1. The summed E-state index contributed by atoms with van der Waals surface area (Å²) in [5.41, 5.74) is 6.87. The van der Waals surface area contributed by atoms with Crippen molar-refractivity contribution in [1.82, 2.24) is 4.98 Å². The summed E-state index contributed by atoms with van der Waals surface area (Å²) in [4.78, 5) is 4.49. The smallest absolute Gasteiger partial charge is 0.169 e. The fraction of sp³-hybridized carbons (Fsp3) is 0.364. The summed E-state index contributed by atoms with van der Waals surface area (Å²) >= 11 is 4.86. The summed E-state index contributed by atoms with van der Waals surface area (Å²) in [5, 5.41) is 2.96. The molecule has 2 heterocycles. The van der Waals surface area contributed by atoms with Gasteiger partial charge in [0.15, 0.2) is 10.4 Å². The van der Waals surface area contributed by atoms with Crippen LogP contribution >= 0.6 is 27.3 Å². The number of halogens is 1. The van der Waals surface area contributed by atoms with E-state index in [-0.39, 0.29) is 6.04 Å². The van der Waals surface area contributed by atoms with Crippen molar-refractivity contribution in [3.05, 3.63) is 27.2 Å². The lowest BCUT2D eigenvalue weighted by molar-refractivity contribution is 0.553. The van der Waals surface area contributed by atoms with E-state index in [1.807, 2.05) is 17.5 Å². The summed E-state index contributed by atoms with van der Waals surface area (Å²) in [5.74, 6) is 0.776. The SMILES string of the molecule is CCCC(N)c1nc(-c2ccc(Br)o2)cs1. The number of thiazole rings is 1. The molecule has 0 saturated carbocycles. The van der Waals surface area contributed by atoms with Crippen LogP contribution in [-0.2, 0) is 0 Å². The van der Waals surface area contributed by atoms with Crippen molar-refractivity contribution < 1.29 is 4.42 Å². The molecule has 1 unspecified atom stereocenters. The van der Waals surface area contributed by atoms with Crippen LogP contribution in [0.25, 0.3) is 11.5 Å². The number of nitrogens with two attached hydrogens (primary N) is 1. The fourth-order valence-electron chi connectivity index (χ4n) is 1.46. The monoisotopic (exact) mass is 300 g/mol. The van der Waals surface area contributed by atoms with Crippen LogP contribution in [0.1, 0.15) is 30.8 Å². The molecule has 3 nitrogen and oxygen atoms in total. The van der Waals surface area contributed by atoms with E-state index in [4.69, 9.17) is 10.2 Å². The molecule has 1 atom stereocenters. The fourth-order valence-corrected chi connectivity index (χ4v) is 2.61. The van der Waals surface area contributed by atoms with Gasteiger partial charge in [-0.2, -0.15) is 0 Å². The summed E-state index contributed by atoms with van der Waals surface area (Å²) < 4.78 is 6.16. The Balaban J connectivity index is 2.19. The first-order valence-electron chi connectivity index (χ1n) is 5.17. The minimum Gasteiger partial charge on any atom is -0.448 e. The molecule has 2 aromatic rings. The van der Waals surface area contributed by atoms with Gasteiger partial charge in [0.1, 0.15) is 10.7 Å². The van der Waals surface area contributed by atoms with E-state index in [1.165, 1.54) is 0 Å². The Hall–Kier alpha value is -0.650. The first-order chi connectivity index (χ1) is 7.70. The van der Waals surface area contributed by atoms with Crippen LogP contribution in [0.4, 0.5) is 0 Å². The highest BCUT2D eigenvalue weighted by Crippen LogP contribution is 2.28. The Bertz CT molecular complexity index is 466. The average Bonchev–Trinajstić information content (AvgIpc) is 2.85. The van der Waals surface area contributed by atoms with Gasteiger partial charge in [0.2, 0.25) is 0 Å². The first kappa shape index (κ1) is 11.8. The van der Waals surface area contributed by atoms with Crippen molar-refractivity contribution in [3.63, 3.8) is 0 Å². The standard InChI is InChI=1S/C11H13BrN2OS/c1-2-3-7(13)11-14-8(6-16-11)9-4-5-10(12)15-9/h4-7H,2-3,13H2,1H3. The molecule has 86 valence electrons. The van der Waals surface area contributed by atoms with E-state index < -0.39 is 0 Å². The Morgan fingerprint density at radius 2 is 2.38 bits per heavy atom. The highest BCUT2D eigenvalue weighted by molar-refractivity contribution is 9.10. The molecule has 0 amide bonds. The van der Waals surface area contributed by atoms with E-state index in [1.54, 1.807) is 11.3 Å². The third kappa shape index (κ3) is 2.53. The lowest BCUT2D eigenvalue weighted by Gasteiger charge is -2.04. The molecular weight excluding hydrogens is 288 g/mol. The largest absolute Gasteiger partial charge is 0.448 e. The Kier molecular flexibility index (Phi) is 3.78. The van der Waals surface area contributed by atoms with Crippen molar-refractivity contribution >= 4 is 27.3 Å². The third-order valence-electron chi connectivity index (χ3n) is 2.26. The lowest BCUT2D eigenvalue weighted by atomic mass is 10.2. The van der Waals surface area contributed by atoms with E-state index in [0.29, 0.717) is 0 Å². The third-order valence-corrected chi connectivity index (χ3v) is 3.67. The molecule has 0 aliphatic heterocycles. The molecular formula is C11H13BrN2OS. The highest BCUT2D eigenvalue weighted by Gasteiger charge is 2.12. The van der Waals surface area contributed by atoms with Crippen LogP contribution in [-0.4, -0.2) is 4.98 Å². The summed E-state index contributed by atoms with van der Waals surface area (Å²) in [6, 6.07) is 3.80. The Morgan fingerprint density at radius 3 is 3.00 bits per heavy atom. The molecule has 0 saturated heterocycles. The van der Waals surface area contributed by atoms with E-state index in [9.17, 15) is 0 Å². The molecule has 0 aliphatic carbocycles. The lowest BCUT2D eigenvalue weighted by Crippen LogP contribution is -2.09. The number of aromatic nitrogens is 1. The summed E-state index contributed by atoms with van der Waals surface area (Å²) in [6.45, 7) is 2.12. The predicted octanol–water partition coefficient (Wildman–Crippen LogP) is 3.97. The Morgan fingerprint density at radius 1 is 1.56 bits per heavy atom. The first-order valence-corrected chi connectivity index (χ1v) is 6.84. The van der Waals surface area contributed by atoms with E-state index in [2.05, 4.69) is 27.8 Å². The molecule has 0 spiro atoms. The zero-order valence-electron chi connectivity index (χ0n) is 8.94. The molecule has 2 N–H and O–H groups in total. The number of nitrogens with zero attached hydrogens (tertiary/aromatic N) is 1. The van der Waals surface area contributed by atoms with Gasteiger partial charge in [-0.05, 0) is 34.5 Å². The van der Waals surface area contributed by atoms with Crippen LogP contribution in [0.5, 0.6) is 0 Å². The van der Waals surface area contributed by atoms with Crippen LogP contribution in [0.3, 0.4) is 0 Å². The molecule has 0 radical (unpaired) electrons.